The fourth-order valence-corrected chi connectivity index (χ4v) is 1.71. The van der Waals surface area contributed by atoms with E-state index in [0.29, 0.717) is 6.42 Å². The SMILES string of the molecule is COc1ccc(CC(C)(CO)CO)cc1C. The minimum atomic E-state index is -0.457. The number of hydrogen-bond acceptors (Lipinski definition) is 3. The molecule has 0 aliphatic carbocycles. The quantitative estimate of drug-likeness (QED) is 0.797. The van der Waals surface area contributed by atoms with Crippen molar-refractivity contribution in [2.75, 3.05) is 20.3 Å². The molecule has 1 rings (SSSR count). The first kappa shape index (κ1) is 13.0. The minimum Gasteiger partial charge on any atom is -0.496 e. The molecule has 1 aromatic carbocycles. The zero-order valence-corrected chi connectivity index (χ0v) is 10.2. The largest absolute Gasteiger partial charge is 0.496 e. The van der Waals surface area contributed by atoms with E-state index in [2.05, 4.69) is 0 Å². The van der Waals surface area contributed by atoms with Gasteiger partial charge in [-0.25, -0.2) is 0 Å². The van der Waals surface area contributed by atoms with E-state index in [1.807, 2.05) is 32.0 Å². The molecule has 0 fully saturated rings. The van der Waals surface area contributed by atoms with Gasteiger partial charge in [0.1, 0.15) is 5.75 Å². The van der Waals surface area contributed by atoms with Gasteiger partial charge in [0, 0.05) is 5.41 Å². The number of aryl methyl sites for hydroxylation is 1. The lowest BCUT2D eigenvalue weighted by atomic mass is 9.85. The molecule has 0 saturated heterocycles. The molecular weight excluding hydrogens is 204 g/mol. The molecule has 3 heteroatoms. The van der Waals surface area contributed by atoms with Crippen molar-refractivity contribution >= 4 is 0 Å². The van der Waals surface area contributed by atoms with Crippen LogP contribution in [0.25, 0.3) is 0 Å². The first-order chi connectivity index (χ1) is 7.54. The molecule has 2 N–H and O–H groups in total. The van der Waals surface area contributed by atoms with Crippen LogP contribution in [0.15, 0.2) is 18.2 Å². The molecule has 0 aliphatic rings. The molecule has 0 amide bonds. The molecular formula is C13H20O3. The van der Waals surface area contributed by atoms with E-state index >= 15 is 0 Å². The van der Waals surface area contributed by atoms with Gasteiger partial charge in [0.25, 0.3) is 0 Å². The van der Waals surface area contributed by atoms with Crippen LogP contribution < -0.4 is 4.74 Å². The average Bonchev–Trinajstić information content (AvgIpc) is 2.29. The predicted molar refractivity (Wildman–Crippen MR) is 63.7 cm³/mol. The Morgan fingerprint density at radius 3 is 2.31 bits per heavy atom. The third-order valence-electron chi connectivity index (χ3n) is 2.85. The Morgan fingerprint density at radius 1 is 1.25 bits per heavy atom. The van der Waals surface area contributed by atoms with Gasteiger partial charge in [-0.05, 0) is 30.5 Å². The Bertz CT molecular complexity index is 343. The van der Waals surface area contributed by atoms with Gasteiger partial charge in [0.2, 0.25) is 0 Å². The molecule has 0 saturated carbocycles. The molecule has 0 aliphatic heterocycles. The van der Waals surface area contributed by atoms with Crippen LogP contribution in [0.4, 0.5) is 0 Å². The van der Waals surface area contributed by atoms with Crippen molar-refractivity contribution < 1.29 is 14.9 Å². The topological polar surface area (TPSA) is 49.7 Å². The summed E-state index contributed by atoms with van der Waals surface area (Å²) in [4.78, 5) is 0. The maximum atomic E-state index is 9.23. The van der Waals surface area contributed by atoms with Gasteiger partial charge in [0.05, 0.1) is 20.3 Å². The lowest BCUT2D eigenvalue weighted by molar-refractivity contribution is 0.0704. The highest BCUT2D eigenvalue weighted by Gasteiger charge is 2.22. The molecule has 0 heterocycles. The molecule has 3 nitrogen and oxygen atoms in total. The summed E-state index contributed by atoms with van der Waals surface area (Å²) in [5, 5.41) is 18.5. The second kappa shape index (κ2) is 5.32. The normalized spacial score (nSPS) is 11.6. The summed E-state index contributed by atoms with van der Waals surface area (Å²) >= 11 is 0. The van der Waals surface area contributed by atoms with Crippen LogP contribution in [-0.2, 0) is 6.42 Å². The zero-order valence-electron chi connectivity index (χ0n) is 10.2. The van der Waals surface area contributed by atoms with Gasteiger partial charge in [-0.1, -0.05) is 19.1 Å². The molecule has 0 spiro atoms. The predicted octanol–water partition coefficient (Wildman–Crippen LogP) is 1.54. The highest BCUT2D eigenvalue weighted by Crippen LogP contribution is 2.25. The fourth-order valence-electron chi connectivity index (χ4n) is 1.71. The Balaban J connectivity index is 2.86. The second-order valence-electron chi connectivity index (χ2n) is 4.61. The third kappa shape index (κ3) is 2.97. The summed E-state index contributed by atoms with van der Waals surface area (Å²) in [5.74, 6) is 0.860. The highest BCUT2D eigenvalue weighted by molar-refractivity contribution is 5.36. The van der Waals surface area contributed by atoms with Gasteiger partial charge in [-0.3, -0.25) is 0 Å². The summed E-state index contributed by atoms with van der Waals surface area (Å²) in [6, 6.07) is 5.91. The number of aliphatic hydroxyl groups excluding tert-OH is 2. The van der Waals surface area contributed by atoms with Crippen molar-refractivity contribution in [3.63, 3.8) is 0 Å². The van der Waals surface area contributed by atoms with E-state index in [9.17, 15) is 10.2 Å². The smallest absolute Gasteiger partial charge is 0.121 e. The van der Waals surface area contributed by atoms with Crippen molar-refractivity contribution in [2.45, 2.75) is 20.3 Å². The van der Waals surface area contributed by atoms with Crippen molar-refractivity contribution in [1.82, 2.24) is 0 Å². The lowest BCUT2D eigenvalue weighted by Gasteiger charge is -2.24. The van der Waals surface area contributed by atoms with E-state index in [1.165, 1.54) is 0 Å². The number of ether oxygens (including phenoxy) is 1. The molecule has 1 aromatic rings. The minimum absolute atomic E-state index is 0.0193. The molecule has 0 bridgehead atoms. The molecule has 0 unspecified atom stereocenters. The van der Waals surface area contributed by atoms with Gasteiger partial charge in [-0.2, -0.15) is 0 Å². The summed E-state index contributed by atoms with van der Waals surface area (Å²) in [7, 11) is 1.65. The molecule has 0 atom stereocenters. The highest BCUT2D eigenvalue weighted by atomic mass is 16.5. The third-order valence-corrected chi connectivity index (χ3v) is 2.85. The summed E-state index contributed by atoms with van der Waals surface area (Å²) in [6.07, 6.45) is 0.658. The molecule has 90 valence electrons. The molecule has 0 radical (unpaired) electrons. The number of methoxy groups -OCH3 is 1. The maximum absolute atomic E-state index is 9.23. The Hall–Kier alpha value is -1.06. The maximum Gasteiger partial charge on any atom is 0.121 e. The van der Waals surface area contributed by atoms with Crippen LogP contribution in [0.2, 0.25) is 0 Å². The zero-order chi connectivity index (χ0) is 12.2. The number of aliphatic hydroxyl groups is 2. The Morgan fingerprint density at radius 2 is 1.88 bits per heavy atom. The van der Waals surface area contributed by atoms with Crippen LogP contribution in [0.5, 0.6) is 5.75 Å². The second-order valence-corrected chi connectivity index (χ2v) is 4.61. The van der Waals surface area contributed by atoms with Crippen molar-refractivity contribution in [1.29, 1.82) is 0 Å². The van der Waals surface area contributed by atoms with E-state index in [-0.39, 0.29) is 13.2 Å². The van der Waals surface area contributed by atoms with E-state index in [4.69, 9.17) is 4.74 Å². The van der Waals surface area contributed by atoms with Gasteiger partial charge in [-0.15, -0.1) is 0 Å². The fraction of sp³-hybridized carbons (Fsp3) is 0.538. The molecule has 16 heavy (non-hydrogen) atoms. The standard InChI is InChI=1S/C13H20O3/c1-10-6-11(4-5-12(10)16-3)7-13(2,8-14)9-15/h4-6,14-15H,7-9H2,1-3H3. The van der Waals surface area contributed by atoms with Crippen LogP contribution in [0.3, 0.4) is 0 Å². The average molecular weight is 224 g/mol. The first-order valence-corrected chi connectivity index (χ1v) is 5.40. The van der Waals surface area contributed by atoms with Crippen LogP contribution >= 0.6 is 0 Å². The van der Waals surface area contributed by atoms with E-state index < -0.39 is 5.41 Å². The Labute approximate surface area is 96.7 Å². The Kier molecular flexibility index (Phi) is 4.33. The van der Waals surface area contributed by atoms with Crippen LogP contribution in [0.1, 0.15) is 18.1 Å². The van der Waals surface area contributed by atoms with Crippen molar-refractivity contribution in [3.8, 4) is 5.75 Å². The van der Waals surface area contributed by atoms with Gasteiger partial charge in [0.15, 0.2) is 0 Å². The lowest BCUT2D eigenvalue weighted by Crippen LogP contribution is -2.28. The summed E-state index contributed by atoms with van der Waals surface area (Å²) in [5.41, 5.74) is 1.71. The molecule has 0 aromatic heterocycles. The van der Waals surface area contributed by atoms with Gasteiger partial charge < -0.3 is 14.9 Å². The number of benzene rings is 1. The number of hydrogen-bond donors (Lipinski definition) is 2. The first-order valence-electron chi connectivity index (χ1n) is 5.40. The van der Waals surface area contributed by atoms with E-state index in [0.717, 1.165) is 16.9 Å². The van der Waals surface area contributed by atoms with Crippen LogP contribution in [-0.4, -0.2) is 30.5 Å². The van der Waals surface area contributed by atoms with Crippen molar-refractivity contribution in [3.05, 3.63) is 29.3 Å². The van der Waals surface area contributed by atoms with Crippen molar-refractivity contribution in [2.24, 2.45) is 5.41 Å². The summed E-state index contributed by atoms with van der Waals surface area (Å²) in [6.45, 7) is 3.81. The van der Waals surface area contributed by atoms with Crippen LogP contribution in [0, 0.1) is 12.3 Å². The van der Waals surface area contributed by atoms with Gasteiger partial charge >= 0.3 is 0 Å². The summed E-state index contributed by atoms with van der Waals surface area (Å²) < 4.78 is 5.18. The monoisotopic (exact) mass is 224 g/mol. The van der Waals surface area contributed by atoms with E-state index in [1.54, 1.807) is 7.11 Å². The number of rotatable bonds is 5.